The second-order valence-electron chi connectivity index (χ2n) is 11.4. The largest absolute Gasteiger partial charge is 0.390 e. The van der Waals surface area contributed by atoms with Crippen molar-refractivity contribution in [2.45, 2.75) is 94.8 Å². The van der Waals surface area contributed by atoms with Gasteiger partial charge in [-0.05, 0) is 76.5 Å². The Kier molecular flexibility index (Phi) is 5.05. The molecule has 6 rings (SSSR count). The first-order chi connectivity index (χ1) is 14.6. The van der Waals surface area contributed by atoms with Crippen molar-refractivity contribution in [2.24, 2.45) is 23.5 Å². The number of rotatable bonds is 6. The fourth-order valence-electron chi connectivity index (χ4n) is 7.41. The van der Waals surface area contributed by atoms with Gasteiger partial charge in [-0.1, -0.05) is 12.8 Å². The van der Waals surface area contributed by atoms with Crippen LogP contribution < -0.4 is 10.6 Å². The van der Waals surface area contributed by atoms with E-state index in [0.29, 0.717) is 35.8 Å². The number of hydrogen-bond acceptors (Lipinski definition) is 6. The van der Waals surface area contributed by atoms with Crippen LogP contribution in [0.3, 0.4) is 0 Å². The van der Waals surface area contributed by atoms with Crippen molar-refractivity contribution in [1.29, 1.82) is 0 Å². The summed E-state index contributed by atoms with van der Waals surface area (Å²) in [5.74, 6) is 1.74. The van der Waals surface area contributed by atoms with Crippen LogP contribution in [0.15, 0.2) is 6.20 Å². The maximum Gasteiger partial charge on any atom is 0.252 e. The van der Waals surface area contributed by atoms with Gasteiger partial charge in [-0.25, -0.2) is 9.97 Å². The summed E-state index contributed by atoms with van der Waals surface area (Å²) in [4.78, 5) is 23.8. The molecule has 7 nitrogen and oxygen atoms in total. The van der Waals surface area contributed by atoms with Gasteiger partial charge in [0, 0.05) is 24.7 Å². The molecule has 2 unspecified atom stereocenters. The molecule has 5 aliphatic carbocycles. The molecule has 0 saturated heterocycles. The highest BCUT2D eigenvalue weighted by atomic mass is 16.3. The molecule has 4 bridgehead atoms. The lowest BCUT2D eigenvalue weighted by molar-refractivity contribution is -0.135. The molecule has 2 atom stereocenters. The fourth-order valence-corrected chi connectivity index (χ4v) is 7.41. The topological polar surface area (TPSA) is 113 Å². The number of nitrogens with two attached hydrogens (primary N) is 1. The second kappa shape index (κ2) is 7.41. The number of aliphatic hydroxyl groups is 2. The summed E-state index contributed by atoms with van der Waals surface area (Å²) in [7, 11) is 0. The molecule has 31 heavy (non-hydrogen) atoms. The zero-order valence-electron chi connectivity index (χ0n) is 18.8. The van der Waals surface area contributed by atoms with Gasteiger partial charge >= 0.3 is 0 Å². The number of primary amides is 1. The van der Waals surface area contributed by atoms with Gasteiger partial charge in [-0.3, -0.25) is 4.79 Å². The van der Waals surface area contributed by atoms with E-state index >= 15 is 0 Å². The van der Waals surface area contributed by atoms with Crippen LogP contribution in [-0.4, -0.2) is 49.9 Å². The molecule has 1 heterocycles. The van der Waals surface area contributed by atoms with E-state index in [1.807, 2.05) is 13.8 Å². The monoisotopic (exact) mass is 428 g/mol. The molecular formula is C24H36N4O3. The van der Waals surface area contributed by atoms with Crippen molar-refractivity contribution in [3.8, 4) is 0 Å². The quantitative estimate of drug-likeness (QED) is 0.642. The number of aromatic nitrogens is 2. The molecule has 1 aromatic rings. The molecule has 4 N–H and O–H groups in total. The molecular weight excluding hydrogens is 392 g/mol. The van der Waals surface area contributed by atoms with Crippen LogP contribution >= 0.6 is 0 Å². The number of amides is 1. The fraction of sp³-hybridized carbons (Fsp3) is 0.792. The third-order valence-corrected chi connectivity index (χ3v) is 8.18. The summed E-state index contributed by atoms with van der Waals surface area (Å²) in [6, 6.07) is 0.208. The summed E-state index contributed by atoms with van der Waals surface area (Å²) in [6.45, 7) is 4.06. The van der Waals surface area contributed by atoms with Gasteiger partial charge < -0.3 is 20.8 Å². The molecule has 1 amide bonds. The van der Waals surface area contributed by atoms with Crippen molar-refractivity contribution >= 4 is 11.9 Å². The predicted molar refractivity (Wildman–Crippen MR) is 118 cm³/mol. The van der Waals surface area contributed by atoms with Gasteiger partial charge in [0.2, 0.25) is 5.95 Å². The van der Waals surface area contributed by atoms with E-state index in [2.05, 4.69) is 9.88 Å². The van der Waals surface area contributed by atoms with Crippen LogP contribution in [0.5, 0.6) is 0 Å². The molecule has 170 valence electrons. The molecule has 1 aromatic heterocycles. The van der Waals surface area contributed by atoms with Crippen LogP contribution in [0.2, 0.25) is 0 Å². The highest BCUT2D eigenvalue weighted by Crippen LogP contribution is 2.57. The zero-order valence-corrected chi connectivity index (χ0v) is 18.8. The minimum absolute atomic E-state index is 0.208. The zero-order chi connectivity index (χ0) is 22.0. The molecule has 0 aliphatic heterocycles. The van der Waals surface area contributed by atoms with Gasteiger partial charge in [-0.2, -0.15) is 0 Å². The average Bonchev–Trinajstić information content (AvgIpc) is 3.18. The lowest BCUT2D eigenvalue weighted by atomic mass is 9.52. The van der Waals surface area contributed by atoms with Gasteiger partial charge in [0.25, 0.3) is 5.91 Å². The Balaban J connectivity index is 1.54. The van der Waals surface area contributed by atoms with Crippen LogP contribution in [0.25, 0.3) is 0 Å². The van der Waals surface area contributed by atoms with Gasteiger partial charge in [0.15, 0.2) is 0 Å². The first kappa shape index (κ1) is 21.1. The normalized spacial score (nSPS) is 35.0. The van der Waals surface area contributed by atoms with Crippen molar-refractivity contribution in [3.63, 3.8) is 0 Å². The number of carbonyl (C=O) groups excluding carboxylic acids is 1. The van der Waals surface area contributed by atoms with Gasteiger partial charge in [-0.15, -0.1) is 0 Å². The first-order valence-electron chi connectivity index (χ1n) is 12.0. The van der Waals surface area contributed by atoms with E-state index < -0.39 is 17.1 Å². The van der Waals surface area contributed by atoms with Crippen molar-refractivity contribution < 1.29 is 15.0 Å². The third kappa shape index (κ3) is 3.95. The Morgan fingerprint density at radius 2 is 1.87 bits per heavy atom. The van der Waals surface area contributed by atoms with Crippen molar-refractivity contribution in [2.75, 3.05) is 11.4 Å². The Morgan fingerprint density at radius 1 is 1.23 bits per heavy atom. The van der Waals surface area contributed by atoms with Gasteiger partial charge in [0.1, 0.15) is 0 Å². The summed E-state index contributed by atoms with van der Waals surface area (Å²) in [5, 5.41) is 21.8. The SMILES string of the molecule is CC(C)(O)CN(c1ncc(C(N)=O)c(C2CCCC2)n1)C1C2CC3CC1CC(O)(C3)C2. The van der Waals surface area contributed by atoms with E-state index in [-0.39, 0.29) is 12.0 Å². The minimum Gasteiger partial charge on any atom is -0.390 e. The van der Waals surface area contributed by atoms with E-state index in [9.17, 15) is 15.0 Å². The van der Waals surface area contributed by atoms with Crippen LogP contribution in [0.4, 0.5) is 5.95 Å². The Hall–Kier alpha value is -1.73. The van der Waals surface area contributed by atoms with Crippen LogP contribution in [0, 0.1) is 17.8 Å². The molecule has 0 aromatic carbocycles. The van der Waals surface area contributed by atoms with E-state index in [1.54, 1.807) is 6.20 Å². The Bertz CT molecular complexity index is 845. The highest BCUT2D eigenvalue weighted by Gasteiger charge is 2.56. The molecule has 0 spiro atoms. The lowest BCUT2D eigenvalue weighted by Gasteiger charge is -2.60. The summed E-state index contributed by atoms with van der Waals surface area (Å²) >= 11 is 0. The minimum atomic E-state index is -0.912. The predicted octanol–water partition coefficient (Wildman–Crippen LogP) is 2.75. The number of anilines is 1. The first-order valence-corrected chi connectivity index (χ1v) is 12.0. The maximum absolute atomic E-state index is 12.1. The van der Waals surface area contributed by atoms with E-state index in [1.165, 1.54) is 0 Å². The summed E-state index contributed by atoms with van der Waals surface area (Å²) in [6.07, 6.45) is 10.8. The van der Waals surface area contributed by atoms with Crippen LogP contribution in [-0.2, 0) is 0 Å². The average molecular weight is 429 g/mol. The highest BCUT2D eigenvalue weighted by molar-refractivity contribution is 5.93. The number of carbonyl (C=O) groups is 1. The standard InChI is InChI=1S/C24H36N4O3/c1-23(2,30)13-28(20-16-7-14-8-17(20)11-24(31,9-14)10-16)22-26-12-18(21(25)29)19(27-22)15-5-3-4-6-15/h12,14-17,20,30-31H,3-11,13H2,1-2H3,(H2,25,29). The van der Waals surface area contributed by atoms with Gasteiger partial charge in [0.05, 0.1) is 22.5 Å². The smallest absolute Gasteiger partial charge is 0.252 e. The molecule has 5 aliphatic rings. The second-order valence-corrected chi connectivity index (χ2v) is 11.4. The number of hydrogen-bond donors (Lipinski definition) is 3. The molecule has 5 fully saturated rings. The van der Waals surface area contributed by atoms with E-state index in [0.717, 1.165) is 63.5 Å². The molecule has 7 heteroatoms. The maximum atomic E-state index is 12.1. The molecule has 5 saturated carbocycles. The molecule has 0 radical (unpaired) electrons. The number of nitrogens with zero attached hydrogens (tertiary/aromatic N) is 3. The Morgan fingerprint density at radius 3 is 2.42 bits per heavy atom. The van der Waals surface area contributed by atoms with Crippen LogP contribution in [0.1, 0.15) is 93.6 Å². The Labute approximate surface area is 184 Å². The summed E-state index contributed by atoms with van der Waals surface area (Å²) in [5.41, 5.74) is 5.44. The lowest BCUT2D eigenvalue weighted by Crippen LogP contribution is -2.63. The van der Waals surface area contributed by atoms with Crippen molar-refractivity contribution in [1.82, 2.24) is 9.97 Å². The summed E-state index contributed by atoms with van der Waals surface area (Å²) < 4.78 is 0. The van der Waals surface area contributed by atoms with E-state index in [4.69, 9.17) is 10.7 Å². The van der Waals surface area contributed by atoms with Crippen molar-refractivity contribution in [3.05, 3.63) is 17.5 Å². The third-order valence-electron chi connectivity index (χ3n) is 8.18.